The second kappa shape index (κ2) is 4.57. The van der Waals surface area contributed by atoms with Crippen LogP contribution >= 0.6 is 11.3 Å². The third-order valence-electron chi connectivity index (χ3n) is 3.31. The van der Waals surface area contributed by atoms with Crippen LogP contribution in [-0.4, -0.2) is 24.0 Å². The van der Waals surface area contributed by atoms with Gasteiger partial charge in [0, 0.05) is 29.4 Å². The van der Waals surface area contributed by atoms with Crippen molar-refractivity contribution in [3.8, 4) is 0 Å². The fourth-order valence-corrected chi connectivity index (χ4v) is 3.45. The minimum Gasteiger partial charge on any atom is -0.364 e. The van der Waals surface area contributed by atoms with Crippen molar-refractivity contribution in [2.75, 3.05) is 18.0 Å². The van der Waals surface area contributed by atoms with Crippen LogP contribution in [0.15, 0.2) is 18.3 Å². The second-order valence-electron chi connectivity index (χ2n) is 4.60. The van der Waals surface area contributed by atoms with Gasteiger partial charge in [-0.3, -0.25) is 9.78 Å². The number of thiophene rings is 1. The highest BCUT2D eigenvalue weighted by molar-refractivity contribution is 7.22. The topological polar surface area (TPSA) is 59.2 Å². The molecule has 0 saturated carbocycles. The Hall–Kier alpha value is -1.62. The Balaban J connectivity index is 1.97. The first-order valence-corrected chi connectivity index (χ1v) is 7.00. The molecule has 4 nitrogen and oxygen atoms in total. The highest BCUT2D eigenvalue weighted by atomic mass is 32.1. The number of hydrogen-bond acceptors (Lipinski definition) is 4. The lowest BCUT2D eigenvalue weighted by molar-refractivity contribution is 0.0996. The summed E-state index contributed by atoms with van der Waals surface area (Å²) >= 11 is 1.71. The fourth-order valence-electron chi connectivity index (χ4n) is 2.32. The number of aromatic nitrogens is 1. The van der Waals surface area contributed by atoms with Crippen LogP contribution in [0.4, 0.5) is 5.00 Å². The van der Waals surface area contributed by atoms with Crippen molar-refractivity contribution in [3.63, 3.8) is 0 Å². The first-order chi connectivity index (χ1) is 8.74. The summed E-state index contributed by atoms with van der Waals surface area (Å²) in [6, 6.07) is 3.94. The zero-order valence-corrected chi connectivity index (χ0v) is 10.9. The van der Waals surface area contributed by atoms with E-state index in [0.717, 1.165) is 23.2 Å². The molecule has 0 spiro atoms. The number of pyridine rings is 1. The third-order valence-corrected chi connectivity index (χ3v) is 4.47. The molecule has 3 rings (SSSR count). The number of nitrogens with zero attached hydrogens (tertiary/aromatic N) is 2. The molecule has 1 amide bonds. The molecular formula is C13H15N3OS. The molecule has 1 aliphatic rings. The molecule has 0 aromatic carbocycles. The van der Waals surface area contributed by atoms with Gasteiger partial charge in [0.2, 0.25) is 0 Å². The highest BCUT2D eigenvalue weighted by Crippen LogP contribution is 2.33. The van der Waals surface area contributed by atoms with E-state index in [1.807, 2.05) is 0 Å². The van der Waals surface area contributed by atoms with Crippen molar-refractivity contribution in [2.24, 2.45) is 5.73 Å². The predicted octanol–water partition coefficient (Wildman–Crippen LogP) is 2.39. The third kappa shape index (κ3) is 2.06. The van der Waals surface area contributed by atoms with E-state index in [-0.39, 0.29) is 0 Å². The summed E-state index contributed by atoms with van der Waals surface area (Å²) in [7, 11) is 0. The zero-order chi connectivity index (χ0) is 12.5. The highest BCUT2D eigenvalue weighted by Gasteiger charge is 2.14. The smallest absolute Gasteiger partial charge is 0.267 e. The van der Waals surface area contributed by atoms with Gasteiger partial charge in [-0.25, -0.2) is 0 Å². The molecule has 3 heterocycles. The van der Waals surface area contributed by atoms with Crippen molar-refractivity contribution in [2.45, 2.75) is 19.3 Å². The minimum atomic E-state index is -0.468. The number of rotatable bonds is 2. The fraction of sp³-hybridized carbons (Fsp3) is 0.385. The van der Waals surface area contributed by atoms with Gasteiger partial charge in [-0.05, 0) is 31.4 Å². The summed E-state index contributed by atoms with van der Waals surface area (Å²) < 4.78 is 1.08. The van der Waals surface area contributed by atoms with Crippen LogP contribution in [0.3, 0.4) is 0 Å². The molecule has 94 valence electrons. The number of carbonyl (C=O) groups is 1. The van der Waals surface area contributed by atoms with E-state index in [0.29, 0.717) is 5.69 Å². The first-order valence-electron chi connectivity index (χ1n) is 6.18. The van der Waals surface area contributed by atoms with Gasteiger partial charge < -0.3 is 10.6 Å². The van der Waals surface area contributed by atoms with E-state index in [1.54, 1.807) is 23.6 Å². The van der Waals surface area contributed by atoms with Gasteiger partial charge >= 0.3 is 0 Å². The van der Waals surface area contributed by atoms with Gasteiger partial charge in [0.1, 0.15) is 5.69 Å². The molecule has 5 heteroatoms. The first kappa shape index (κ1) is 11.5. The lowest BCUT2D eigenvalue weighted by Crippen LogP contribution is -2.28. The minimum absolute atomic E-state index is 0.342. The maximum Gasteiger partial charge on any atom is 0.267 e. The number of amides is 1. The quantitative estimate of drug-likeness (QED) is 0.903. The van der Waals surface area contributed by atoms with Gasteiger partial charge in [-0.15, -0.1) is 11.3 Å². The van der Waals surface area contributed by atoms with E-state index in [4.69, 9.17) is 5.73 Å². The number of piperidine rings is 1. The van der Waals surface area contributed by atoms with Crippen LogP contribution in [0, 0.1) is 0 Å². The average Bonchev–Trinajstić information content (AvgIpc) is 2.82. The Morgan fingerprint density at radius 3 is 2.78 bits per heavy atom. The van der Waals surface area contributed by atoms with Crippen LogP contribution in [0.5, 0.6) is 0 Å². The maximum atomic E-state index is 11.1. The molecular weight excluding hydrogens is 246 g/mol. The van der Waals surface area contributed by atoms with Crippen molar-refractivity contribution in [3.05, 3.63) is 24.0 Å². The van der Waals surface area contributed by atoms with E-state index >= 15 is 0 Å². The molecule has 0 unspecified atom stereocenters. The van der Waals surface area contributed by atoms with Gasteiger partial charge in [-0.2, -0.15) is 0 Å². The molecule has 2 N–H and O–H groups in total. The molecule has 1 saturated heterocycles. The summed E-state index contributed by atoms with van der Waals surface area (Å²) in [5, 5.41) is 2.36. The normalized spacial score (nSPS) is 16.1. The van der Waals surface area contributed by atoms with E-state index < -0.39 is 5.91 Å². The van der Waals surface area contributed by atoms with Gasteiger partial charge in [0.25, 0.3) is 5.91 Å². The monoisotopic (exact) mass is 261 g/mol. The summed E-state index contributed by atoms with van der Waals surface area (Å²) in [6.07, 6.45) is 5.59. The summed E-state index contributed by atoms with van der Waals surface area (Å²) in [5.41, 5.74) is 5.59. The van der Waals surface area contributed by atoms with Crippen LogP contribution in [0.25, 0.3) is 10.1 Å². The lowest BCUT2D eigenvalue weighted by Gasteiger charge is -2.26. The van der Waals surface area contributed by atoms with Crippen molar-refractivity contribution in [1.29, 1.82) is 0 Å². The number of anilines is 1. The van der Waals surface area contributed by atoms with Gasteiger partial charge in [0.15, 0.2) is 0 Å². The number of nitrogens with two attached hydrogens (primary N) is 1. The number of carbonyl (C=O) groups excluding carboxylic acids is 1. The average molecular weight is 261 g/mol. The molecule has 0 aliphatic carbocycles. The number of fused-ring (bicyclic) bond motifs is 1. The van der Waals surface area contributed by atoms with E-state index in [1.165, 1.54) is 24.3 Å². The molecule has 1 aliphatic heterocycles. The summed E-state index contributed by atoms with van der Waals surface area (Å²) in [6.45, 7) is 2.26. The Morgan fingerprint density at radius 2 is 2.06 bits per heavy atom. The lowest BCUT2D eigenvalue weighted by atomic mass is 10.1. The van der Waals surface area contributed by atoms with Crippen LogP contribution in [-0.2, 0) is 0 Å². The molecule has 18 heavy (non-hydrogen) atoms. The zero-order valence-electron chi connectivity index (χ0n) is 10.1. The molecule has 1 fully saturated rings. The van der Waals surface area contributed by atoms with Gasteiger partial charge in [0.05, 0.1) is 5.00 Å². The molecule has 0 atom stereocenters. The molecule has 0 radical (unpaired) electrons. The Kier molecular flexibility index (Phi) is 2.91. The SMILES string of the molecule is NC(=O)c1cc2sc(N3CCCCC3)cc2cn1. The Bertz CT molecular complexity index is 587. The predicted molar refractivity (Wildman–Crippen MR) is 74.2 cm³/mol. The number of primary amides is 1. The summed E-state index contributed by atoms with van der Waals surface area (Å²) in [5.74, 6) is -0.468. The van der Waals surface area contributed by atoms with Crippen molar-refractivity contribution < 1.29 is 4.79 Å². The second-order valence-corrected chi connectivity index (χ2v) is 5.67. The number of hydrogen-bond donors (Lipinski definition) is 1. The molecule has 2 aromatic rings. The van der Waals surface area contributed by atoms with Gasteiger partial charge in [-0.1, -0.05) is 0 Å². The Labute approximate surface area is 109 Å². The Morgan fingerprint density at radius 1 is 1.28 bits per heavy atom. The van der Waals surface area contributed by atoms with E-state index in [9.17, 15) is 4.79 Å². The standard InChI is InChI=1S/C13H15N3OS/c14-13(17)10-7-11-9(8-15-10)6-12(18-11)16-4-2-1-3-5-16/h6-8H,1-5H2,(H2,14,17). The molecule has 2 aromatic heterocycles. The van der Waals surface area contributed by atoms with Crippen molar-refractivity contribution in [1.82, 2.24) is 4.98 Å². The maximum absolute atomic E-state index is 11.1. The largest absolute Gasteiger partial charge is 0.364 e. The van der Waals surface area contributed by atoms with Crippen molar-refractivity contribution >= 4 is 32.3 Å². The molecule has 0 bridgehead atoms. The van der Waals surface area contributed by atoms with Crippen LogP contribution in [0.2, 0.25) is 0 Å². The van der Waals surface area contributed by atoms with E-state index in [2.05, 4.69) is 16.0 Å². The summed E-state index contributed by atoms with van der Waals surface area (Å²) in [4.78, 5) is 17.6. The van der Waals surface area contributed by atoms with Crippen LogP contribution in [0.1, 0.15) is 29.8 Å². The van der Waals surface area contributed by atoms with Crippen LogP contribution < -0.4 is 10.6 Å².